The highest BCUT2D eigenvalue weighted by molar-refractivity contribution is 14.1. The van der Waals surface area contributed by atoms with Crippen LogP contribution < -0.4 is 15.2 Å². The number of para-hydroxylation sites is 1. The number of methoxy groups -OCH3 is 1. The lowest BCUT2D eigenvalue weighted by atomic mass is 10.1. The van der Waals surface area contributed by atoms with E-state index in [0.29, 0.717) is 17.0 Å². The third-order valence-corrected chi connectivity index (χ3v) is 4.85. The number of nitrogens with one attached hydrogen (secondary N) is 1. The SMILES string of the molecule is COC(=O)[C@@H](C)Oc1ccc(/C=C2/C(=O)NN(c3ccccc3)C2=O)cc1I. The molecule has 1 heterocycles. The van der Waals surface area contributed by atoms with Crippen LogP contribution in [-0.2, 0) is 19.1 Å². The van der Waals surface area contributed by atoms with Crippen LogP contribution in [0.3, 0.4) is 0 Å². The first-order valence-electron chi connectivity index (χ1n) is 8.37. The Hall–Kier alpha value is -2.88. The zero-order chi connectivity index (χ0) is 20.3. The second-order valence-electron chi connectivity index (χ2n) is 5.95. The van der Waals surface area contributed by atoms with Crippen LogP contribution in [0.2, 0.25) is 0 Å². The van der Waals surface area contributed by atoms with Crippen LogP contribution in [0.1, 0.15) is 12.5 Å². The minimum atomic E-state index is -0.746. The van der Waals surface area contributed by atoms with Crippen molar-refractivity contribution in [3.63, 3.8) is 0 Å². The summed E-state index contributed by atoms with van der Waals surface area (Å²) in [5, 5.41) is 1.22. The van der Waals surface area contributed by atoms with Gasteiger partial charge >= 0.3 is 5.97 Å². The molecule has 0 saturated carbocycles. The van der Waals surface area contributed by atoms with Crippen molar-refractivity contribution in [2.45, 2.75) is 13.0 Å². The van der Waals surface area contributed by atoms with Gasteiger partial charge in [-0.05, 0) is 65.4 Å². The van der Waals surface area contributed by atoms with E-state index in [0.717, 1.165) is 3.57 Å². The number of carbonyl (C=O) groups excluding carboxylic acids is 3. The maximum atomic E-state index is 12.6. The van der Waals surface area contributed by atoms with Crippen molar-refractivity contribution in [1.82, 2.24) is 5.43 Å². The Morgan fingerprint density at radius 1 is 1.18 bits per heavy atom. The number of amides is 2. The lowest BCUT2D eigenvalue weighted by Gasteiger charge is -2.14. The van der Waals surface area contributed by atoms with Crippen molar-refractivity contribution in [3.8, 4) is 5.75 Å². The molecule has 2 aromatic carbocycles. The number of esters is 1. The summed E-state index contributed by atoms with van der Waals surface area (Å²) in [7, 11) is 1.30. The predicted octanol–water partition coefficient (Wildman–Crippen LogP) is 2.69. The Bertz CT molecular complexity index is 958. The zero-order valence-corrected chi connectivity index (χ0v) is 17.3. The van der Waals surface area contributed by atoms with E-state index >= 15 is 0 Å². The first kappa shape index (κ1) is 19.9. The average molecular weight is 492 g/mol. The van der Waals surface area contributed by atoms with Crippen LogP contribution in [0.4, 0.5) is 5.69 Å². The number of nitrogens with zero attached hydrogens (tertiary/aromatic N) is 1. The minimum Gasteiger partial charge on any atom is -0.478 e. The van der Waals surface area contributed by atoms with Crippen LogP contribution in [0.25, 0.3) is 6.08 Å². The van der Waals surface area contributed by atoms with E-state index in [1.54, 1.807) is 49.4 Å². The maximum absolute atomic E-state index is 12.6. The number of hydrogen-bond acceptors (Lipinski definition) is 5. The van der Waals surface area contributed by atoms with Gasteiger partial charge in [0.05, 0.1) is 16.4 Å². The summed E-state index contributed by atoms with van der Waals surface area (Å²) in [6.07, 6.45) is 0.778. The number of carbonyl (C=O) groups is 3. The third kappa shape index (κ3) is 4.16. The molecule has 1 aliphatic heterocycles. The highest BCUT2D eigenvalue weighted by Crippen LogP contribution is 2.26. The lowest BCUT2D eigenvalue weighted by Crippen LogP contribution is -2.35. The molecule has 28 heavy (non-hydrogen) atoms. The molecule has 8 heteroatoms. The topological polar surface area (TPSA) is 84.9 Å². The van der Waals surface area contributed by atoms with Gasteiger partial charge in [-0.25, -0.2) is 9.80 Å². The number of halogens is 1. The highest BCUT2D eigenvalue weighted by atomic mass is 127. The lowest BCUT2D eigenvalue weighted by molar-refractivity contribution is -0.148. The molecule has 2 amide bonds. The summed E-state index contributed by atoms with van der Waals surface area (Å²) >= 11 is 2.06. The summed E-state index contributed by atoms with van der Waals surface area (Å²) in [6, 6.07) is 14.0. The molecule has 0 bridgehead atoms. The van der Waals surface area contributed by atoms with Crippen LogP contribution >= 0.6 is 22.6 Å². The van der Waals surface area contributed by atoms with E-state index in [1.165, 1.54) is 18.2 Å². The van der Waals surface area contributed by atoms with Crippen LogP contribution in [0.15, 0.2) is 54.1 Å². The molecule has 2 aromatic rings. The monoisotopic (exact) mass is 492 g/mol. The molecule has 0 spiro atoms. The zero-order valence-electron chi connectivity index (χ0n) is 15.1. The summed E-state index contributed by atoms with van der Waals surface area (Å²) in [4.78, 5) is 36.4. The fraction of sp³-hybridized carbons (Fsp3) is 0.150. The van der Waals surface area contributed by atoms with Crippen molar-refractivity contribution in [2.75, 3.05) is 12.1 Å². The number of hydrazine groups is 1. The van der Waals surface area contributed by atoms with Gasteiger partial charge in [0.15, 0.2) is 6.10 Å². The largest absolute Gasteiger partial charge is 0.478 e. The second kappa shape index (κ2) is 8.42. The minimum absolute atomic E-state index is 0.0382. The standard InChI is InChI=1S/C20H17IN2O5/c1-12(20(26)27-2)28-17-9-8-13(11-16(17)21)10-15-18(24)22-23(19(15)25)14-6-4-3-5-7-14/h3-12H,1-2H3,(H,22,24)/b15-10-/t12-/m1/s1. The number of ether oxygens (including phenoxy) is 2. The molecular formula is C20H17IN2O5. The second-order valence-corrected chi connectivity index (χ2v) is 7.11. The van der Waals surface area contributed by atoms with E-state index in [4.69, 9.17) is 4.74 Å². The van der Waals surface area contributed by atoms with Crippen molar-refractivity contribution in [1.29, 1.82) is 0 Å². The number of anilines is 1. The van der Waals surface area contributed by atoms with Crippen molar-refractivity contribution in [3.05, 3.63) is 63.2 Å². The van der Waals surface area contributed by atoms with Crippen LogP contribution in [-0.4, -0.2) is 31.0 Å². The van der Waals surface area contributed by atoms with Crippen molar-refractivity contribution in [2.24, 2.45) is 0 Å². The molecule has 3 rings (SSSR count). The molecule has 0 radical (unpaired) electrons. The fourth-order valence-corrected chi connectivity index (χ4v) is 3.26. The molecule has 1 atom stereocenters. The van der Waals surface area contributed by atoms with E-state index in [9.17, 15) is 14.4 Å². The van der Waals surface area contributed by atoms with Gasteiger partial charge in [-0.15, -0.1) is 0 Å². The molecule has 0 unspecified atom stereocenters. The highest BCUT2D eigenvalue weighted by Gasteiger charge is 2.34. The molecule has 144 valence electrons. The first-order chi connectivity index (χ1) is 13.4. The van der Waals surface area contributed by atoms with E-state index in [-0.39, 0.29) is 5.57 Å². The van der Waals surface area contributed by atoms with Gasteiger partial charge in [-0.3, -0.25) is 15.0 Å². The van der Waals surface area contributed by atoms with Crippen molar-refractivity contribution < 1.29 is 23.9 Å². The molecule has 1 fully saturated rings. The van der Waals surface area contributed by atoms with Gasteiger partial charge in [0, 0.05) is 0 Å². The molecule has 7 nitrogen and oxygen atoms in total. The molecule has 1 aliphatic rings. The van der Waals surface area contributed by atoms with Gasteiger partial charge in [0.1, 0.15) is 11.3 Å². The quantitative estimate of drug-likeness (QED) is 0.301. The number of benzene rings is 2. The third-order valence-electron chi connectivity index (χ3n) is 4.01. The Morgan fingerprint density at radius 2 is 1.89 bits per heavy atom. The number of rotatable bonds is 5. The Kier molecular flexibility index (Phi) is 5.98. The Labute approximate surface area is 175 Å². The smallest absolute Gasteiger partial charge is 0.346 e. The Balaban J connectivity index is 1.81. The summed E-state index contributed by atoms with van der Waals surface area (Å²) in [5.74, 6) is -0.862. The molecule has 1 saturated heterocycles. The summed E-state index contributed by atoms with van der Waals surface area (Å²) in [6.45, 7) is 1.59. The predicted molar refractivity (Wildman–Crippen MR) is 111 cm³/mol. The summed E-state index contributed by atoms with van der Waals surface area (Å²) in [5.41, 5.74) is 3.84. The van der Waals surface area contributed by atoms with E-state index in [1.807, 2.05) is 6.07 Å². The fourth-order valence-electron chi connectivity index (χ4n) is 2.59. The van der Waals surface area contributed by atoms with E-state index < -0.39 is 23.9 Å². The van der Waals surface area contributed by atoms with Gasteiger partial charge in [0.25, 0.3) is 11.8 Å². The van der Waals surface area contributed by atoms with Crippen LogP contribution in [0, 0.1) is 3.57 Å². The van der Waals surface area contributed by atoms with Crippen molar-refractivity contribution >= 4 is 52.1 Å². The van der Waals surface area contributed by atoms with Gasteiger partial charge in [0.2, 0.25) is 0 Å². The van der Waals surface area contributed by atoms with Crippen LogP contribution in [0.5, 0.6) is 5.75 Å². The maximum Gasteiger partial charge on any atom is 0.346 e. The molecule has 0 aromatic heterocycles. The van der Waals surface area contributed by atoms with E-state index in [2.05, 4.69) is 32.8 Å². The van der Waals surface area contributed by atoms with Gasteiger partial charge < -0.3 is 9.47 Å². The Morgan fingerprint density at radius 3 is 2.54 bits per heavy atom. The molecule has 1 N–H and O–H groups in total. The number of hydrogen-bond donors (Lipinski definition) is 1. The van der Waals surface area contributed by atoms with Gasteiger partial charge in [-0.2, -0.15) is 0 Å². The van der Waals surface area contributed by atoms with Gasteiger partial charge in [-0.1, -0.05) is 24.3 Å². The first-order valence-corrected chi connectivity index (χ1v) is 9.45. The average Bonchev–Trinajstić information content (AvgIpc) is 2.98. The molecular weight excluding hydrogens is 475 g/mol. The molecule has 0 aliphatic carbocycles. The normalized spacial score (nSPS) is 16.1. The summed E-state index contributed by atoms with van der Waals surface area (Å²) < 4.78 is 11.0.